The maximum absolute atomic E-state index is 12.4. The van der Waals surface area contributed by atoms with E-state index in [0.29, 0.717) is 18.4 Å². The molecule has 1 aliphatic heterocycles. The van der Waals surface area contributed by atoms with Gasteiger partial charge in [0.25, 0.3) is 10.1 Å². The van der Waals surface area contributed by atoms with Gasteiger partial charge in [-0.2, -0.15) is 21.6 Å². The first-order chi connectivity index (χ1) is 9.65. The van der Waals surface area contributed by atoms with E-state index in [0.717, 1.165) is 12.3 Å². The SMILES string of the molecule is O=S(=O)(O)CC1CCOC(c2ccc(C(F)(F)F)nc2)C1. The Hall–Kier alpha value is -1.19. The van der Waals surface area contributed by atoms with E-state index >= 15 is 0 Å². The predicted molar refractivity (Wildman–Crippen MR) is 67.1 cm³/mol. The number of halogens is 3. The van der Waals surface area contributed by atoms with E-state index < -0.39 is 28.1 Å². The molecule has 0 spiro atoms. The summed E-state index contributed by atoms with van der Waals surface area (Å²) in [6, 6.07) is 2.14. The number of aromatic nitrogens is 1. The molecule has 1 aliphatic rings. The highest BCUT2D eigenvalue weighted by Gasteiger charge is 2.33. The molecule has 0 amide bonds. The summed E-state index contributed by atoms with van der Waals surface area (Å²) < 4.78 is 73.3. The average Bonchev–Trinajstić information content (AvgIpc) is 2.36. The summed E-state index contributed by atoms with van der Waals surface area (Å²) in [6.45, 7) is 0.284. The molecule has 0 saturated carbocycles. The zero-order chi connectivity index (χ0) is 15.7. The molecule has 1 aromatic heterocycles. The molecule has 9 heteroatoms. The molecule has 2 rings (SSSR count). The molecule has 0 aliphatic carbocycles. The molecule has 1 fully saturated rings. The maximum Gasteiger partial charge on any atom is 0.433 e. The normalized spacial score (nSPS) is 24.0. The highest BCUT2D eigenvalue weighted by atomic mass is 32.2. The summed E-state index contributed by atoms with van der Waals surface area (Å²) in [4.78, 5) is 3.35. The number of alkyl halides is 3. The van der Waals surface area contributed by atoms with Crippen LogP contribution in [0.2, 0.25) is 0 Å². The summed E-state index contributed by atoms with van der Waals surface area (Å²) >= 11 is 0. The smallest absolute Gasteiger partial charge is 0.373 e. The zero-order valence-electron chi connectivity index (χ0n) is 10.9. The van der Waals surface area contributed by atoms with Gasteiger partial charge in [-0.3, -0.25) is 9.54 Å². The van der Waals surface area contributed by atoms with Gasteiger partial charge in [0, 0.05) is 12.8 Å². The number of nitrogens with zero attached hydrogens (tertiary/aromatic N) is 1. The molecule has 0 aromatic carbocycles. The monoisotopic (exact) mass is 325 g/mol. The number of pyridine rings is 1. The van der Waals surface area contributed by atoms with Crippen molar-refractivity contribution in [1.82, 2.24) is 4.98 Å². The van der Waals surface area contributed by atoms with Crippen molar-refractivity contribution in [3.8, 4) is 0 Å². The molecule has 1 aromatic rings. The van der Waals surface area contributed by atoms with Gasteiger partial charge in [-0.05, 0) is 30.4 Å². The summed E-state index contributed by atoms with van der Waals surface area (Å²) in [5.74, 6) is -0.665. The van der Waals surface area contributed by atoms with E-state index in [9.17, 15) is 21.6 Å². The molecule has 0 radical (unpaired) electrons. The Balaban J connectivity index is 2.08. The third-order valence-corrected chi connectivity index (χ3v) is 4.18. The van der Waals surface area contributed by atoms with Gasteiger partial charge in [-0.1, -0.05) is 6.07 Å². The fourth-order valence-corrected chi connectivity index (χ4v) is 3.21. The van der Waals surface area contributed by atoms with Crippen LogP contribution in [0.3, 0.4) is 0 Å². The highest BCUT2D eigenvalue weighted by Crippen LogP contribution is 2.33. The van der Waals surface area contributed by atoms with Crippen LogP contribution in [0.15, 0.2) is 18.3 Å². The third-order valence-electron chi connectivity index (χ3n) is 3.29. The molecule has 2 heterocycles. The van der Waals surface area contributed by atoms with Gasteiger partial charge < -0.3 is 4.74 Å². The topological polar surface area (TPSA) is 76.5 Å². The Labute approximate surface area is 119 Å². The van der Waals surface area contributed by atoms with E-state index in [1.54, 1.807) is 0 Å². The minimum Gasteiger partial charge on any atom is -0.373 e. The van der Waals surface area contributed by atoms with Crippen molar-refractivity contribution in [2.24, 2.45) is 5.92 Å². The predicted octanol–water partition coefficient (Wildman–Crippen LogP) is 2.46. The molecular formula is C12H14F3NO4S. The van der Waals surface area contributed by atoms with Gasteiger partial charge in [0.05, 0.1) is 11.9 Å². The van der Waals surface area contributed by atoms with Gasteiger partial charge in [-0.25, -0.2) is 0 Å². The number of ether oxygens (including phenoxy) is 1. The van der Waals surface area contributed by atoms with E-state index in [4.69, 9.17) is 9.29 Å². The lowest BCUT2D eigenvalue weighted by atomic mass is 9.94. The van der Waals surface area contributed by atoms with Gasteiger partial charge in [0.1, 0.15) is 5.69 Å². The van der Waals surface area contributed by atoms with Crippen LogP contribution in [0.4, 0.5) is 13.2 Å². The van der Waals surface area contributed by atoms with Crippen molar-refractivity contribution in [3.63, 3.8) is 0 Å². The second kappa shape index (κ2) is 5.90. The van der Waals surface area contributed by atoms with Gasteiger partial charge in [0.15, 0.2) is 0 Å². The largest absolute Gasteiger partial charge is 0.433 e. The fourth-order valence-electron chi connectivity index (χ4n) is 2.31. The summed E-state index contributed by atoms with van der Waals surface area (Å²) in [5.41, 5.74) is -0.528. The van der Waals surface area contributed by atoms with Crippen LogP contribution >= 0.6 is 0 Å². The molecule has 1 N–H and O–H groups in total. The molecular weight excluding hydrogens is 311 g/mol. The Morgan fingerprint density at radius 3 is 2.62 bits per heavy atom. The minimum atomic E-state index is -4.50. The van der Waals surface area contributed by atoms with Crippen molar-refractivity contribution in [3.05, 3.63) is 29.6 Å². The van der Waals surface area contributed by atoms with Crippen molar-refractivity contribution in [1.29, 1.82) is 0 Å². The summed E-state index contributed by atoms with van der Waals surface area (Å²) in [7, 11) is -4.08. The first kappa shape index (κ1) is 16.2. The van der Waals surface area contributed by atoms with E-state index in [-0.39, 0.29) is 18.3 Å². The number of hydrogen-bond acceptors (Lipinski definition) is 4. The quantitative estimate of drug-likeness (QED) is 0.864. The van der Waals surface area contributed by atoms with Gasteiger partial charge >= 0.3 is 6.18 Å². The van der Waals surface area contributed by atoms with Gasteiger partial charge in [-0.15, -0.1) is 0 Å². The Kier molecular flexibility index (Phi) is 4.54. The lowest BCUT2D eigenvalue weighted by Crippen LogP contribution is -2.25. The van der Waals surface area contributed by atoms with Crippen LogP contribution in [-0.2, 0) is 21.0 Å². The van der Waals surface area contributed by atoms with Gasteiger partial charge in [0.2, 0.25) is 0 Å². The molecule has 118 valence electrons. The Morgan fingerprint density at radius 1 is 1.38 bits per heavy atom. The van der Waals surface area contributed by atoms with E-state index in [1.165, 1.54) is 6.07 Å². The van der Waals surface area contributed by atoms with Crippen LogP contribution < -0.4 is 0 Å². The maximum atomic E-state index is 12.4. The lowest BCUT2D eigenvalue weighted by molar-refractivity contribution is -0.141. The van der Waals surface area contributed by atoms with Crippen LogP contribution in [0.5, 0.6) is 0 Å². The second-order valence-corrected chi connectivity index (χ2v) is 6.47. The number of hydrogen-bond donors (Lipinski definition) is 1. The van der Waals surface area contributed by atoms with E-state index in [2.05, 4.69) is 4.98 Å². The first-order valence-electron chi connectivity index (χ1n) is 6.25. The lowest BCUT2D eigenvalue weighted by Gasteiger charge is -2.29. The first-order valence-corrected chi connectivity index (χ1v) is 7.86. The molecule has 2 unspecified atom stereocenters. The van der Waals surface area contributed by atoms with Crippen LogP contribution in [0.25, 0.3) is 0 Å². The van der Waals surface area contributed by atoms with Crippen LogP contribution in [-0.4, -0.2) is 30.3 Å². The van der Waals surface area contributed by atoms with Crippen molar-refractivity contribution in [2.45, 2.75) is 25.1 Å². The molecule has 5 nitrogen and oxygen atoms in total. The van der Waals surface area contributed by atoms with Crippen molar-refractivity contribution < 1.29 is 30.9 Å². The molecule has 0 bridgehead atoms. The average molecular weight is 325 g/mol. The Morgan fingerprint density at radius 2 is 2.10 bits per heavy atom. The molecule has 21 heavy (non-hydrogen) atoms. The third kappa shape index (κ3) is 4.65. The fraction of sp³-hybridized carbons (Fsp3) is 0.583. The van der Waals surface area contributed by atoms with Crippen molar-refractivity contribution in [2.75, 3.05) is 12.4 Å². The van der Waals surface area contributed by atoms with Crippen LogP contribution in [0, 0.1) is 5.92 Å². The van der Waals surface area contributed by atoms with Crippen LogP contribution in [0.1, 0.15) is 30.2 Å². The second-order valence-electron chi connectivity index (χ2n) is 4.97. The van der Waals surface area contributed by atoms with E-state index in [1.807, 2.05) is 0 Å². The minimum absolute atomic E-state index is 0.284. The standard InChI is InChI=1S/C12H14F3NO4S/c13-12(14,15)11-2-1-9(6-16-11)10-5-8(3-4-20-10)7-21(17,18)19/h1-2,6,8,10H,3-5,7H2,(H,17,18,19). The zero-order valence-corrected chi connectivity index (χ0v) is 11.7. The number of rotatable bonds is 3. The highest BCUT2D eigenvalue weighted by molar-refractivity contribution is 7.85. The molecule has 1 saturated heterocycles. The summed E-state index contributed by atoms with van der Waals surface area (Å²) in [5, 5.41) is 0. The summed E-state index contributed by atoms with van der Waals surface area (Å²) in [6.07, 6.45) is -3.14. The van der Waals surface area contributed by atoms with Crippen molar-refractivity contribution >= 4 is 10.1 Å². The Bertz CT molecular complexity index is 586. The molecule has 2 atom stereocenters.